The Kier molecular flexibility index (Phi) is 5.42. The van der Waals surface area contributed by atoms with E-state index >= 15 is 0 Å². The molecule has 0 aromatic carbocycles. The van der Waals surface area contributed by atoms with E-state index in [4.69, 9.17) is 4.74 Å². The number of aromatic nitrogens is 6. The molecule has 114 valence electrons. The molecule has 2 aromatic rings. The lowest BCUT2D eigenvalue weighted by molar-refractivity contribution is 0.267. The first kappa shape index (κ1) is 15.1. The second-order valence-corrected chi connectivity index (χ2v) is 5.04. The quantitative estimate of drug-likeness (QED) is 0.791. The summed E-state index contributed by atoms with van der Waals surface area (Å²) in [6, 6.07) is 0.301. The van der Waals surface area contributed by atoms with Gasteiger partial charge in [-0.1, -0.05) is 20.8 Å². The van der Waals surface area contributed by atoms with Crippen molar-refractivity contribution in [2.24, 2.45) is 5.92 Å². The Morgan fingerprint density at radius 2 is 2.14 bits per heavy atom. The van der Waals surface area contributed by atoms with Crippen LogP contribution in [0.4, 0.5) is 5.95 Å². The van der Waals surface area contributed by atoms with Gasteiger partial charge < -0.3 is 10.1 Å². The standard InChI is InChI=1S/C13H21N7O/c1-4-6-15-11-17-12(20-9-14-8-16-20)19-13(18-11)21-7-5-10(2)3/h8-10H,4-7H2,1-3H3,(H,15,17,18,19). The molecule has 0 aliphatic heterocycles. The third-order valence-corrected chi connectivity index (χ3v) is 2.69. The Morgan fingerprint density at radius 3 is 2.81 bits per heavy atom. The van der Waals surface area contributed by atoms with E-state index in [1.165, 1.54) is 17.3 Å². The molecule has 0 aliphatic carbocycles. The molecule has 8 heteroatoms. The van der Waals surface area contributed by atoms with E-state index in [0.29, 0.717) is 30.4 Å². The van der Waals surface area contributed by atoms with E-state index in [9.17, 15) is 0 Å². The van der Waals surface area contributed by atoms with E-state index < -0.39 is 0 Å². The van der Waals surface area contributed by atoms with Gasteiger partial charge in [-0.05, 0) is 18.8 Å². The number of ether oxygens (including phenoxy) is 1. The van der Waals surface area contributed by atoms with Gasteiger partial charge in [0.1, 0.15) is 12.7 Å². The maximum Gasteiger partial charge on any atom is 0.323 e. The molecule has 0 radical (unpaired) electrons. The number of rotatable bonds is 8. The Hall–Kier alpha value is -2.25. The summed E-state index contributed by atoms with van der Waals surface area (Å²) in [5.41, 5.74) is 0. The van der Waals surface area contributed by atoms with Gasteiger partial charge in [0.25, 0.3) is 5.95 Å². The number of nitrogens with one attached hydrogen (secondary N) is 1. The average molecular weight is 291 g/mol. The van der Waals surface area contributed by atoms with Gasteiger partial charge in [-0.3, -0.25) is 0 Å². The van der Waals surface area contributed by atoms with Crippen LogP contribution in [0.1, 0.15) is 33.6 Å². The van der Waals surface area contributed by atoms with E-state index in [1.54, 1.807) is 0 Å². The Morgan fingerprint density at radius 1 is 1.29 bits per heavy atom. The van der Waals surface area contributed by atoms with Crippen LogP contribution >= 0.6 is 0 Å². The Bertz CT molecular complexity index is 541. The molecule has 0 amide bonds. The van der Waals surface area contributed by atoms with Crippen molar-refractivity contribution in [1.29, 1.82) is 0 Å². The van der Waals surface area contributed by atoms with Gasteiger partial charge in [0, 0.05) is 6.54 Å². The molecule has 2 rings (SSSR count). The van der Waals surface area contributed by atoms with Gasteiger partial charge in [-0.2, -0.15) is 24.7 Å². The molecule has 0 spiro atoms. The first-order valence-electron chi connectivity index (χ1n) is 7.16. The van der Waals surface area contributed by atoms with Crippen molar-refractivity contribution in [3.05, 3.63) is 12.7 Å². The molecule has 0 bridgehead atoms. The monoisotopic (exact) mass is 291 g/mol. The van der Waals surface area contributed by atoms with Crippen molar-refractivity contribution in [3.63, 3.8) is 0 Å². The molecular weight excluding hydrogens is 270 g/mol. The van der Waals surface area contributed by atoms with Crippen molar-refractivity contribution in [1.82, 2.24) is 29.7 Å². The molecule has 0 aliphatic rings. The summed E-state index contributed by atoms with van der Waals surface area (Å²) in [7, 11) is 0. The first-order chi connectivity index (χ1) is 10.2. The SMILES string of the molecule is CCCNc1nc(OCCC(C)C)nc(-n2cncn2)n1. The fourth-order valence-corrected chi connectivity index (χ4v) is 1.53. The van der Waals surface area contributed by atoms with Crippen molar-refractivity contribution in [2.75, 3.05) is 18.5 Å². The third kappa shape index (κ3) is 4.66. The molecular formula is C13H21N7O. The number of anilines is 1. The van der Waals surface area contributed by atoms with E-state index in [2.05, 4.69) is 51.1 Å². The highest BCUT2D eigenvalue weighted by molar-refractivity contribution is 5.29. The molecule has 0 atom stereocenters. The molecule has 2 heterocycles. The minimum Gasteiger partial charge on any atom is -0.463 e. The van der Waals surface area contributed by atoms with E-state index in [1.807, 2.05) is 0 Å². The molecule has 1 N–H and O–H groups in total. The van der Waals surface area contributed by atoms with Gasteiger partial charge in [0.2, 0.25) is 5.95 Å². The zero-order chi connectivity index (χ0) is 15.1. The third-order valence-electron chi connectivity index (χ3n) is 2.69. The predicted molar refractivity (Wildman–Crippen MR) is 78.5 cm³/mol. The lowest BCUT2D eigenvalue weighted by Gasteiger charge is -2.09. The highest BCUT2D eigenvalue weighted by Gasteiger charge is 2.10. The van der Waals surface area contributed by atoms with Crippen molar-refractivity contribution in [2.45, 2.75) is 33.6 Å². The number of hydrogen-bond donors (Lipinski definition) is 1. The molecule has 2 aromatic heterocycles. The van der Waals surface area contributed by atoms with Crippen LogP contribution in [-0.2, 0) is 0 Å². The van der Waals surface area contributed by atoms with E-state index in [-0.39, 0.29) is 0 Å². The average Bonchev–Trinajstić information content (AvgIpc) is 2.99. The minimum atomic E-state index is 0.301. The summed E-state index contributed by atoms with van der Waals surface area (Å²) in [6.45, 7) is 7.72. The van der Waals surface area contributed by atoms with Crippen LogP contribution in [0.2, 0.25) is 0 Å². The molecule has 0 fully saturated rings. The Balaban J connectivity index is 2.16. The van der Waals surface area contributed by atoms with Crippen LogP contribution in [0.3, 0.4) is 0 Å². The first-order valence-corrected chi connectivity index (χ1v) is 7.16. The maximum atomic E-state index is 5.61. The topological polar surface area (TPSA) is 90.6 Å². The van der Waals surface area contributed by atoms with Gasteiger partial charge in [-0.25, -0.2) is 4.98 Å². The van der Waals surface area contributed by atoms with Gasteiger partial charge in [0.05, 0.1) is 6.61 Å². The molecule has 21 heavy (non-hydrogen) atoms. The van der Waals surface area contributed by atoms with Crippen molar-refractivity contribution in [3.8, 4) is 12.0 Å². The van der Waals surface area contributed by atoms with Crippen LogP contribution in [0.25, 0.3) is 5.95 Å². The van der Waals surface area contributed by atoms with E-state index in [0.717, 1.165) is 19.4 Å². The lowest BCUT2D eigenvalue weighted by Crippen LogP contribution is -2.12. The fourth-order valence-electron chi connectivity index (χ4n) is 1.53. The summed E-state index contributed by atoms with van der Waals surface area (Å²) in [5.74, 6) is 1.44. The molecule has 8 nitrogen and oxygen atoms in total. The zero-order valence-electron chi connectivity index (χ0n) is 12.7. The highest BCUT2D eigenvalue weighted by atomic mass is 16.5. The van der Waals surface area contributed by atoms with Crippen LogP contribution in [0, 0.1) is 5.92 Å². The smallest absolute Gasteiger partial charge is 0.323 e. The molecule has 0 saturated carbocycles. The molecule has 0 saturated heterocycles. The van der Waals surface area contributed by atoms with Crippen molar-refractivity contribution < 1.29 is 4.74 Å². The summed E-state index contributed by atoms with van der Waals surface area (Å²) < 4.78 is 7.09. The number of nitrogens with zero attached hydrogens (tertiary/aromatic N) is 6. The lowest BCUT2D eigenvalue weighted by atomic mass is 10.1. The maximum absolute atomic E-state index is 5.61. The fraction of sp³-hybridized carbons (Fsp3) is 0.615. The van der Waals surface area contributed by atoms with Gasteiger partial charge >= 0.3 is 6.01 Å². The molecule has 0 unspecified atom stereocenters. The predicted octanol–water partition coefficient (Wildman–Crippen LogP) is 1.70. The zero-order valence-corrected chi connectivity index (χ0v) is 12.7. The highest BCUT2D eigenvalue weighted by Crippen LogP contribution is 2.11. The van der Waals surface area contributed by atoms with Crippen LogP contribution in [0.15, 0.2) is 12.7 Å². The van der Waals surface area contributed by atoms with Crippen LogP contribution in [-0.4, -0.2) is 42.9 Å². The largest absolute Gasteiger partial charge is 0.463 e. The van der Waals surface area contributed by atoms with Crippen molar-refractivity contribution >= 4 is 5.95 Å². The van der Waals surface area contributed by atoms with Gasteiger partial charge in [-0.15, -0.1) is 0 Å². The summed E-state index contributed by atoms with van der Waals surface area (Å²) in [5, 5.41) is 7.16. The summed E-state index contributed by atoms with van der Waals surface area (Å²) in [4.78, 5) is 16.7. The summed E-state index contributed by atoms with van der Waals surface area (Å²) >= 11 is 0. The second kappa shape index (κ2) is 7.51. The van der Waals surface area contributed by atoms with Crippen LogP contribution in [0.5, 0.6) is 6.01 Å². The normalized spacial score (nSPS) is 10.9. The summed E-state index contributed by atoms with van der Waals surface area (Å²) in [6.07, 6.45) is 4.90. The number of hydrogen-bond acceptors (Lipinski definition) is 7. The van der Waals surface area contributed by atoms with Gasteiger partial charge in [0.15, 0.2) is 0 Å². The Labute approximate surface area is 124 Å². The van der Waals surface area contributed by atoms with Crippen LogP contribution < -0.4 is 10.1 Å². The second-order valence-electron chi connectivity index (χ2n) is 5.04. The minimum absolute atomic E-state index is 0.301.